The molecule has 198 valence electrons. The number of hydrogen-bond donors (Lipinski definition) is 0. The topological polar surface area (TPSA) is 105 Å². The van der Waals surface area contributed by atoms with Crippen LogP contribution in [0.2, 0.25) is 0 Å². The van der Waals surface area contributed by atoms with Crippen LogP contribution >= 0.6 is 11.3 Å². The van der Waals surface area contributed by atoms with Gasteiger partial charge in [-0.2, -0.15) is 10.1 Å². The molecule has 0 radical (unpaired) electrons. The summed E-state index contributed by atoms with van der Waals surface area (Å²) in [6, 6.07) is 23.5. The Kier molecular flexibility index (Phi) is 7.44. The number of rotatable bonds is 9. The van der Waals surface area contributed by atoms with Crippen LogP contribution in [0, 0.1) is 0 Å². The number of nitrogens with zero attached hydrogens (tertiary/aromatic N) is 4. The molecule has 2 aromatic heterocycles. The van der Waals surface area contributed by atoms with Gasteiger partial charge in [-0.15, -0.1) is 0 Å². The van der Waals surface area contributed by atoms with E-state index in [4.69, 9.17) is 9.15 Å². The third-order valence-corrected chi connectivity index (χ3v) is 8.73. The molecule has 0 saturated carbocycles. The Hall–Kier alpha value is -4.48. The quantitative estimate of drug-likeness (QED) is 0.167. The van der Waals surface area contributed by atoms with Gasteiger partial charge in [-0.3, -0.25) is 9.10 Å². The molecule has 0 saturated heterocycles. The first kappa shape index (κ1) is 26.1. The fourth-order valence-electron chi connectivity index (χ4n) is 3.88. The van der Waals surface area contributed by atoms with E-state index in [2.05, 4.69) is 10.1 Å². The minimum atomic E-state index is -3.84. The van der Waals surface area contributed by atoms with Crippen molar-refractivity contribution >= 4 is 54.5 Å². The molecule has 1 amide bonds. The zero-order valence-electron chi connectivity index (χ0n) is 21.1. The number of fused-ring (bicyclic) bond motifs is 1. The number of carbonyl (C=O) groups is 1. The Morgan fingerprint density at radius 2 is 1.82 bits per heavy atom. The number of thiazole rings is 1. The summed E-state index contributed by atoms with van der Waals surface area (Å²) in [6.07, 6.45) is 2.92. The van der Waals surface area contributed by atoms with E-state index in [1.807, 2.05) is 12.1 Å². The van der Waals surface area contributed by atoms with Gasteiger partial charge in [0.05, 0.1) is 40.4 Å². The fourth-order valence-corrected chi connectivity index (χ4v) is 6.31. The number of ether oxygens (including phenoxy) is 1. The standard InChI is InChI=1S/C28H24N4O5S2/c1-3-31(21-8-5-4-6-9-21)39(34,35)24-14-11-20(12-15-24)27(33)32(29-19-23-10-7-17-37-23)28-30-25-16-13-22(36-2)18-26(25)38-28/h4-19H,3H2,1-2H3/b29-19+. The third kappa shape index (κ3) is 5.40. The van der Waals surface area contributed by atoms with Crippen LogP contribution in [0.25, 0.3) is 10.2 Å². The third-order valence-electron chi connectivity index (χ3n) is 5.82. The van der Waals surface area contributed by atoms with Crippen LogP contribution in [-0.2, 0) is 10.0 Å². The van der Waals surface area contributed by atoms with Crippen molar-refractivity contribution in [2.75, 3.05) is 23.0 Å². The molecule has 5 aromatic rings. The molecule has 0 unspecified atom stereocenters. The number of hydrazone groups is 1. The average Bonchev–Trinajstić information content (AvgIpc) is 3.63. The molecule has 11 heteroatoms. The van der Waals surface area contributed by atoms with Crippen molar-refractivity contribution in [2.24, 2.45) is 5.10 Å². The van der Waals surface area contributed by atoms with E-state index in [1.165, 1.54) is 57.4 Å². The van der Waals surface area contributed by atoms with Crippen molar-refractivity contribution in [1.82, 2.24) is 4.98 Å². The van der Waals surface area contributed by atoms with Gasteiger partial charge in [-0.05, 0) is 73.7 Å². The van der Waals surface area contributed by atoms with Crippen LogP contribution in [-0.4, -0.2) is 39.2 Å². The summed E-state index contributed by atoms with van der Waals surface area (Å²) in [6.45, 7) is 2.02. The summed E-state index contributed by atoms with van der Waals surface area (Å²) in [5.74, 6) is 0.642. The number of furan rings is 1. The largest absolute Gasteiger partial charge is 0.497 e. The van der Waals surface area contributed by atoms with Crippen LogP contribution in [0.1, 0.15) is 23.0 Å². The molecule has 3 aromatic carbocycles. The van der Waals surface area contributed by atoms with E-state index in [0.717, 1.165) is 4.70 Å². The highest BCUT2D eigenvalue weighted by Gasteiger charge is 2.26. The maximum atomic E-state index is 13.6. The van der Waals surface area contributed by atoms with Gasteiger partial charge < -0.3 is 9.15 Å². The number of anilines is 2. The lowest BCUT2D eigenvalue weighted by Crippen LogP contribution is -2.31. The Balaban J connectivity index is 1.48. The molecule has 0 atom stereocenters. The fraction of sp³-hybridized carbons (Fsp3) is 0.107. The van der Waals surface area contributed by atoms with Gasteiger partial charge in [-0.25, -0.2) is 13.4 Å². The Labute approximate surface area is 229 Å². The van der Waals surface area contributed by atoms with Crippen LogP contribution in [0.5, 0.6) is 5.75 Å². The maximum Gasteiger partial charge on any atom is 0.280 e. The van der Waals surface area contributed by atoms with E-state index in [0.29, 0.717) is 27.8 Å². The highest BCUT2D eigenvalue weighted by Crippen LogP contribution is 2.33. The number of sulfonamides is 1. The highest BCUT2D eigenvalue weighted by molar-refractivity contribution is 7.92. The maximum absolute atomic E-state index is 13.6. The van der Waals surface area contributed by atoms with E-state index in [9.17, 15) is 13.2 Å². The molecule has 9 nitrogen and oxygen atoms in total. The molecule has 0 aliphatic rings. The molecule has 0 fully saturated rings. The van der Waals surface area contributed by atoms with Crippen molar-refractivity contribution in [3.05, 3.63) is 103 Å². The average molecular weight is 561 g/mol. The van der Waals surface area contributed by atoms with Crippen LogP contribution < -0.4 is 14.1 Å². The molecule has 0 aliphatic carbocycles. The molecule has 5 rings (SSSR count). The zero-order chi connectivity index (χ0) is 27.4. The summed E-state index contributed by atoms with van der Waals surface area (Å²) in [5.41, 5.74) is 1.49. The minimum Gasteiger partial charge on any atom is -0.497 e. The molecule has 2 heterocycles. The molecular formula is C28H24N4O5S2. The number of methoxy groups -OCH3 is 1. The molecule has 0 aliphatic heterocycles. The molecule has 0 N–H and O–H groups in total. The number of carbonyl (C=O) groups excluding carboxylic acids is 1. The minimum absolute atomic E-state index is 0.0717. The van der Waals surface area contributed by atoms with Crippen molar-refractivity contribution in [3.8, 4) is 5.75 Å². The first-order chi connectivity index (χ1) is 18.9. The molecule has 0 spiro atoms. The molecular weight excluding hydrogens is 536 g/mol. The van der Waals surface area contributed by atoms with Gasteiger partial charge in [0, 0.05) is 12.1 Å². The van der Waals surface area contributed by atoms with Gasteiger partial charge in [0.2, 0.25) is 5.13 Å². The number of hydrogen-bond acceptors (Lipinski definition) is 8. The van der Waals surface area contributed by atoms with Gasteiger partial charge in [0.15, 0.2) is 0 Å². The smallest absolute Gasteiger partial charge is 0.280 e. The predicted octanol–water partition coefficient (Wildman–Crippen LogP) is 5.79. The Bertz CT molecular complexity index is 1720. The number of benzene rings is 3. The van der Waals surface area contributed by atoms with E-state index < -0.39 is 15.9 Å². The number of amides is 1. The predicted molar refractivity (Wildman–Crippen MR) is 152 cm³/mol. The number of para-hydroxylation sites is 1. The molecule has 0 bridgehead atoms. The second-order valence-corrected chi connectivity index (χ2v) is 11.1. The summed E-state index contributed by atoms with van der Waals surface area (Å²) in [4.78, 5) is 18.3. The van der Waals surface area contributed by atoms with Gasteiger partial charge >= 0.3 is 0 Å². The van der Waals surface area contributed by atoms with Crippen molar-refractivity contribution < 1.29 is 22.4 Å². The first-order valence-corrected chi connectivity index (χ1v) is 14.2. The van der Waals surface area contributed by atoms with Gasteiger partial charge in [0.1, 0.15) is 11.5 Å². The highest BCUT2D eigenvalue weighted by atomic mass is 32.2. The lowest BCUT2D eigenvalue weighted by Gasteiger charge is -2.23. The summed E-state index contributed by atoms with van der Waals surface area (Å²) < 4.78 is 39.5. The Morgan fingerprint density at radius 1 is 1.05 bits per heavy atom. The van der Waals surface area contributed by atoms with Crippen LogP contribution in [0.3, 0.4) is 0 Å². The summed E-state index contributed by atoms with van der Waals surface area (Å²) in [7, 11) is -2.26. The van der Waals surface area contributed by atoms with Gasteiger partial charge in [-0.1, -0.05) is 29.5 Å². The van der Waals surface area contributed by atoms with E-state index >= 15 is 0 Å². The van der Waals surface area contributed by atoms with Crippen molar-refractivity contribution in [1.29, 1.82) is 0 Å². The normalized spacial score (nSPS) is 11.6. The zero-order valence-corrected chi connectivity index (χ0v) is 22.7. The second-order valence-electron chi connectivity index (χ2n) is 8.24. The summed E-state index contributed by atoms with van der Waals surface area (Å²) >= 11 is 1.27. The van der Waals surface area contributed by atoms with Gasteiger partial charge in [0.25, 0.3) is 15.9 Å². The molecule has 39 heavy (non-hydrogen) atoms. The lowest BCUT2D eigenvalue weighted by atomic mass is 10.2. The van der Waals surface area contributed by atoms with Crippen LogP contribution in [0.4, 0.5) is 10.8 Å². The van der Waals surface area contributed by atoms with Crippen molar-refractivity contribution in [2.45, 2.75) is 11.8 Å². The van der Waals surface area contributed by atoms with E-state index in [1.54, 1.807) is 62.6 Å². The first-order valence-electron chi connectivity index (χ1n) is 11.9. The SMILES string of the molecule is CCN(c1ccccc1)S(=O)(=O)c1ccc(C(=O)N(/N=C/c2ccco2)c2nc3ccc(OC)cc3s2)cc1. The van der Waals surface area contributed by atoms with Crippen molar-refractivity contribution in [3.63, 3.8) is 0 Å². The monoisotopic (exact) mass is 560 g/mol. The second kappa shape index (κ2) is 11.1. The van der Waals surface area contributed by atoms with Crippen LogP contribution in [0.15, 0.2) is 106 Å². The lowest BCUT2D eigenvalue weighted by molar-refractivity contribution is 0.0987. The van der Waals surface area contributed by atoms with E-state index in [-0.39, 0.29) is 17.0 Å². The number of aromatic nitrogens is 1. The Morgan fingerprint density at radius 3 is 2.49 bits per heavy atom. The summed E-state index contributed by atoms with van der Waals surface area (Å²) in [5, 5.41) is 5.87.